The molecular formula is C48H26F12N2O2. The predicted molar refractivity (Wildman–Crippen MR) is 215 cm³/mol. The third-order valence-corrected chi connectivity index (χ3v) is 11.4. The van der Waals surface area contributed by atoms with E-state index in [1.54, 1.807) is 0 Å². The summed E-state index contributed by atoms with van der Waals surface area (Å²) < 4.78 is 168. The van der Waals surface area contributed by atoms with Crippen LogP contribution in [0.1, 0.15) is 59.8 Å². The smallest absolute Gasteiger partial charge is 0.313 e. The molecule has 9 rings (SSSR count). The van der Waals surface area contributed by atoms with Crippen molar-refractivity contribution < 1.29 is 62.3 Å². The molecule has 1 unspecified atom stereocenters. The topological polar surface area (TPSA) is 44.0 Å². The minimum absolute atomic E-state index is 0.00808. The SMILES string of the molecule is O=C(c1ccc(C(=O)c2ccc(-n3c4cc(C(F)(F)F)ccc4c4ccc(C(F)(F)F)cc43)cc2)cc1)c1ccc(-n2c3c(c4ccc(C(F)(F)F)cc42)C=CC(C(F)(F)F)C3)cc1. The maximum atomic E-state index is 13.8. The molecule has 2 heterocycles. The van der Waals surface area contributed by atoms with Gasteiger partial charge < -0.3 is 9.13 Å². The Balaban J connectivity index is 0.988. The second-order valence-corrected chi connectivity index (χ2v) is 15.3. The third kappa shape index (κ3) is 7.39. The van der Waals surface area contributed by atoms with Crippen LogP contribution in [0.15, 0.2) is 133 Å². The number of carbonyl (C=O) groups is 2. The number of hydrogen-bond acceptors (Lipinski definition) is 2. The summed E-state index contributed by atoms with van der Waals surface area (Å²) in [6.07, 6.45) is -17.1. The number of ketones is 2. The van der Waals surface area contributed by atoms with Gasteiger partial charge in [-0.25, -0.2) is 0 Å². The number of alkyl halides is 12. The molecule has 2 aromatic heterocycles. The first kappa shape index (κ1) is 42.2. The molecule has 0 radical (unpaired) electrons. The van der Waals surface area contributed by atoms with Gasteiger partial charge in [-0.15, -0.1) is 0 Å². The Hall–Kier alpha value is -7.10. The van der Waals surface area contributed by atoms with E-state index in [-0.39, 0.29) is 66.6 Å². The van der Waals surface area contributed by atoms with Crippen molar-refractivity contribution in [1.29, 1.82) is 0 Å². The van der Waals surface area contributed by atoms with Gasteiger partial charge in [0.2, 0.25) is 0 Å². The molecule has 0 bridgehead atoms. The lowest BCUT2D eigenvalue weighted by Gasteiger charge is -2.22. The normalized spacial score (nSPS) is 14.7. The first-order chi connectivity index (χ1) is 30.1. The number of allylic oxidation sites excluding steroid dienone is 1. The molecule has 8 aromatic rings. The first-order valence-electron chi connectivity index (χ1n) is 19.2. The predicted octanol–water partition coefficient (Wildman–Crippen LogP) is 14.0. The van der Waals surface area contributed by atoms with Crippen molar-refractivity contribution in [2.24, 2.45) is 5.92 Å². The van der Waals surface area contributed by atoms with Crippen LogP contribution in [0.2, 0.25) is 0 Å². The lowest BCUT2D eigenvalue weighted by Crippen LogP contribution is -2.25. The van der Waals surface area contributed by atoms with Crippen molar-refractivity contribution in [1.82, 2.24) is 9.13 Å². The summed E-state index contributed by atoms with van der Waals surface area (Å²) in [5.41, 5.74) is -1.57. The lowest BCUT2D eigenvalue weighted by molar-refractivity contribution is -0.161. The molecule has 6 aromatic carbocycles. The monoisotopic (exact) mass is 890 g/mol. The minimum Gasteiger partial charge on any atom is -0.313 e. The number of fused-ring (bicyclic) bond motifs is 6. The molecule has 0 N–H and O–H groups in total. The number of carbonyl (C=O) groups excluding carboxylic acids is 2. The number of hydrogen-bond donors (Lipinski definition) is 0. The van der Waals surface area contributed by atoms with Crippen LogP contribution in [0.3, 0.4) is 0 Å². The molecule has 324 valence electrons. The Bertz CT molecular complexity index is 3130. The van der Waals surface area contributed by atoms with Gasteiger partial charge in [-0.2, -0.15) is 52.7 Å². The summed E-state index contributed by atoms with van der Waals surface area (Å²) in [4.78, 5) is 27.1. The highest BCUT2D eigenvalue weighted by Gasteiger charge is 2.41. The van der Waals surface area contributed by atoms with Crippen LogP contribution in [0.4, 0.5) is 52.7 Å². The molecule has 0 saturated heterocycles. The van der Waals surface area contributed by atoms with E-state index in [1.807, 2.05) is 0 Å². The molecule has 0 aliphatic heterocycles. The fourth-order valence-electron chi connectivity index (χ4n) is 8.22. The maximum absolute atomic E-state index is 13.8. The molecular weight excluding hydrogens is 865 g/mol. The second-order valence-electron chi connectivity index (χ2n) is 15.3. The van der Waals surface area contributed by atoms with Gasteiger partial charge >= 0.3 is 24.7 Å². The van der Waals surface area contributed by atoms with Crippen LogP contribution in [0.5, 0.6) is 0 Å². The van der Waals surface area contributed by atoms with Crippen molar-refractivity contribution in [3.05, 3.63) is 184 Å². The fraction of sp³-hybridized carbons (Fsp3) is 0.125. The van der Waals surface area contributed by atoms with Crippen molar-refractivity contribution in [2.75, 3.05) is 0 Å². The molecule has 16 heteroatoms. The fourth-order valence-corrected chi connectivity index (χ4v) is 8.22. The van der Waals surface area contributed by atoms with Gasteiger partial charge in [-0.1, -0.05) is 54.6 Å². The number of halogens is 12. The second kappa shape index (κ2) is 14.7. The van der Waals surface area contributed by atoms with Gasteiger partial charge in [0, 0.05) is 67.5 Å². The van der Waals surface area contributed by atoms with E-state index >= 15 is 0 Å². The van der Waals surface area contributed by atoms with E-state index in [2.05, 4.69) is 0 Å². The summed E-state index contributed by atoms with van der Waals surface area (Å²) >= 11 is 0. The highest BCUT2D eigenvalue weighted by atomic mass is 19.4. The van der Waals surface area contributed by atoms with E-state index < -0.39 is 65.3 Å². The van der Waals surface area contributed by atoms with Crippen molar-refractivity contribution in [3.63, 3.8) is 0 Å². The van der Waals surface area contributed by atoms with Crippen LogP contribution < -0.4 is 0 Å². The number of benzene rings is 6. The largest absolute Gasteiger partial charge is 0.416 e. The average Bonchev–Trinajstić information content (AvgIpc) is 3.76. The van der Waals surface area contributed by atoms with Gasteiger partial charge in [0.1, 0.15) is 0 Å². The standard InChI is InChI=1S/C48H26F12N2O2/c49-45(50,51)29-9-17-35-36-18-10-30(46(52,53)54)22-40(36)61(39(35)21-29)33-13-5-27(6-14-33)43(63)25-1-2-26(4-3-25)44(64)28-7-15-34(16-8-28)62-41-23-31(47(55,56)57)11-19-37(41)38-20-12-32(24-42(38)62)48(58,59)60/h1-23,32H,24H2. The summed E-state index contributed by atoms with van der Waals surface area (Å²) in [5, 5.41) is 0.872. The van der Waals surface area contributed by atoms with Crippen LogP contribution in [-0.2, 0) is 24.9 Å². The molecule has 1 aliphatic rings. The molecule has 0 fully saturated rings. The van der Waals surface area contributed by atoms with Gasteiger partial charge in [-0.3, -0.25) is 9.59 Å². The van der Waals surface area contributed by atoms with Crippen molar-refractivity contribution in [2.45, 2.75) is 31.1 Å². The van der Waals surface area contributed by atoms with Gasteiger partial charge in [0.05, 0.1) is 39.2 Å². The highest BCUT2D eigenvalue weighted by Crippen LogP contribution is 2.43. The lowest BCUT2D eigenvalue weighted by atomic mass is 9.92. The van der Waals surface area contributed by atoms with Crippen LogP contribution in [0, 0.1) is 5.92 Å². The number of nitrogens with zero attached hydrogens (tertiary/aromatic N) is 2. The Labute approximate surface area is 353 Å². The van der Waals surface area contributed by atoms with Gasteiger partial charge in [-0.05, 0) is 84.9 Å². The van der Waals surface area contributed by atoms with Crippen LogP contribution in [0.25, 0.3) is 50.2 Å². The zero-order valence-electron chi connectivity index (χ0n) is 32.3. The molecule has 0 saturated carbocycles. The molecule has 1 aliphatic carbocycles. The quantitative estimate of drug-likeness (QED) is 0.123. The van der Waals surface area contributed by atoms with E-state index in [9.17, 15) is 62.3 Å². The Morgan fingerprint density at radius 2 is 0.781 bits per heavy atom. The molecule has 0 amide bonds. The summed E-state index contributed by atoms with van der Waals surface area (Å²) in [6.45, 7) is 0. The summed E-state index contributed by atoms with van der Waals surface area (Å²) in [7, 11) is 0. The van der Waals surface area contributed by atoms with Crippen molar-refractivity contribution in [3.8, 4) is 11.4 Å². The Morgan fingerprint density at radius 3 is 1.16 bits per heavy atom. The molecule has 0 spiro atoms. The van der Waals surface area contributed by atoms with Gasteiger partial charge in [0.15, 0.2) is 11.6 Å². The Morgan fingerprint density at radius 1 is 0.438 bits per heavy atom. The summed E-state index contributed by atoms with van der Waals surface area (Å²) in [5.74, 6) is -2.90. The average molecular weight is 891 g/mol. The Kier molecular flexibility index (Phi) is 9.72. The van der Waals surface area contributed by atoms with Crippen LogP contribution >= 0.6 is 0 Å². The van der Waals surface area contributed by atoms with Crippen molar-refractivity contribution >= 4 is 50.4 Å². The first-order valence-corrected chi connectivity index (χ1v) is 19.2. The summed E-state index contributed by atoms with van der Waals surface area (Å²) in [6, 6.07) is 25.4. The van der Waals surface area contributed by atoms with E-state index in [0.717, 1.165) is 42.5 Å². The maximum Gasteiger partial charge on any atom is 0.416 e. The van der Waals surface area contributed by atoms with Gasteiger partial charge in [0.25, 0.3) is 0 Å². The molecule has 1 atom stereocenters. The number of aromatic nitrogens is 2. The van der Waals surface area contributed by atoms with Crippen LogP contribution in [-0.4, -0.2) is 26.9 Å². The minimum atomic E-state index is -4.74. The zero-order chi connectivity index (χ0) is 45.7. The molecule has 64 heavy (non-hydrogen) atoms. The van der Waals surface area contributed by atoms with E-state index in [4.69, 9.17) is 0 Å². The number of rotatable bonds is 6. The highest BCUT2D eigenvalue weighted by molar-refractivity contribution is 6.12. The zero-order valence-corrected chi connectivity index (χ0v) is 32.3. The third-order valence-electron chi connectivity index (χ3n) is 11.4. The molecule has 4 nitrogen and oxygen atoms in total. The van der Waals surface area contributed by atoms with E-state index in [1.165, 1.54) is 106 Å². The van der Waals surface area contributed by atoms with E-state index in [0.29, 0.717) is 10.9 Å².